The summed E-state index contributed by atoms with van der Waals surface area (Å²) in [5.74, 6) is -2.15. The summed E-state index contributed by atoms with van der Waals surface area (Å²) in [4.78, 5) is 23.8. The number of fused-ring (bicyclic) bond motifs is 1. The van der Waals surface area contributed by atoms with Crippen molar-refractivity contribution in [2.24, 2.45) is 0 Å². The third-order valence-corrected chi connectivity index (χ3v) is 3.80. The van der Waals surface area contributed by atoms with Gasteiger partial charge in [-0.2, -0.15) is 5.10 Å². The quantitative estimate of drug-likeness (QED) is 0.815. The summed E-state index contributed by atoms with van der Waals surface area (Å²) in [6.07, 6.45) is 1.57. The lowest BCUT2D eigenvalue weighted by Gasteiger charge is -2.13. The Morgan fingerprint density at radius 1 is 1.26 bits per heavy atom. The van der Waals surface area contributed by atoms with Crippen LogP contribution < -0.4 is 0 Å². The Hall–Kier alpha value is -2.57. The van der Waals surface area contributed by atoms with Gasteiger partial charge in [-0.1, -0.05) is 0 Å². The van der Waals surface area contributed by atoms with Gasteiger partial charge in [-0.25, -0.2) is 8.78 Å². The predicted molar refractivity (Wildman–Crippen MR) is 76.9 cm³/mol. The summed E-state index contributed by atoms with van der Waals surface area (Å²) in [5.41, 5.74) is 1.32. The van der Waals surface area contributed by atoms with Crippen LogP contribution in [-0.2, 0) is 22.5 Å². The molecule has 0 aliphatic heterocycles. The second-order valence-corrected chi connectivity index (χ2v) is 5.34. The Labute approximate surface area is 130 Å². The van der Waals surface area contributed by atoms with Crippen LogP contribution in [0.1, 0.15) is 28.9 Å². The molecule has 1 aromatic heterocycles. The standard InChI is InChI=1S/C16H14F2N2O3/c1-23-14(22)8-20-12-3-2-4-13(21)15(12)16(19-20)9-5-10(17)7-11(18)6-9/h5-7H,2-4,8H2,1H3. The monoisotopic (exact) mass is 320 g/mol. The maximum Gasteiger partial charge on any atom is 0.327 e. The Morgan fingerprint density at radius 3 is 2.61 bits per heavy atom. The summed E-state index contributed by atoms with van der Waals surface area (Å²) in [7, 11) is 1.26. The number of esters is 1. The van der Waals surface area contributed by atoms with Gasteiger partial charge in [0, 0.05) is 18.1 Å². The molecule has 0 saturated carbocycles. The molecule has 0 fully saturated rings. The number of benzene rings is 1. The van der Waals surface area contributed by atoms with E-state index in [1.807, 2.05) is 0 Å². The third kappa shape index (κ3) is 2.86. The number of Topliss-reactive ketones (excluding diaryl/α,β-unsaturated/α-hetero) is 1. The minimum absolute atomic E-state index is 0.137. The van der Waals surface area contributed by atoms with Crippen LogP contribution in [0.4, 0.5) is 8.78 Å². The summed E-state index contributed by atoms with van der Waals surface area (Å²) < 4.78 is 33.0. The van der Waals surface area contributed by atoms with E-state index in [0.717, 1.165) is 18.2 Å². The highest BCUT2D eigenvalue weighted by molar-refractivity contribution is 6.03. The van der Waals surface area contributed by atoms with Crippen LogP contribution >= 0.6 is 0 Å². The van der Waals surface area contributed by atoms with Gasteiger partial charge in [0.15, 0.2) is 5.78 Å². The smallest absolute Gasteiger partial charge is 0.327 e. The lowest BCUT2D eigenvalue weighted by molar-refractivity contribution is -0.141. The number of ether oxygens (including phenoxy) is 1. The number of halogens is 2. The van der Waals surface area contributed by atoms with Crippen LogP contribution in [0.15, 0.2) is 18.2 Å². The molecule has 2 aromatic rings. The average molecular weight is 320 g/mol. The van der Waals surface area contributed by atoms with E-state index in [1.54, 1.807) is 0 Å². The number of ketones is 1. The predicted octanol–water partition coefficient (Wildman–Crippen LogP) is 2.52. The Balaban J connectivity index is 2.16. The number of hydrogen-bond donors (Lipinski definition) is 0. The van der Waals surface area contributed by atoms with Gasteiger partial charge in [0.05, 0.1) is 18.4 Å². The van der Waals surface area contributed by atoms with Crippen molar-refractivity contribution in [1.29, 1.82) is 0 Å². The van der Waals surface area contributed by atoms with Gasteiger partial charge in [0.1, 0.15) is 23.9 Å². The normalized spacial score (nSPS) is 13.8. The largest absolute Gasteiger partial charge is 0.468 e. The molecule has 0 saturated heterocycles. The Morgan fingerprint density at radius 2 is 1.96 bits per heavy atom. The molecule has 0 radical (unpaired) electrons. The van der Waals surface area contributed by atoms with Crippen molar-refractivity contribution in [2.45, 2.75) is 25.8 Å². The van der Waals surface area contributed by atoms with Crippen molar-refractivity contribution >= 4 is 11.8 Å². The topological polar surface area (TPSA) is 61.2 Å². The molecule has 0 unspecified atom stereocenters. The van der Waals surface area contributed by atoms with E-state index in [2.05, 4.69) is 9.84 Å². The molecule has 7 heteroatoms. The number of carbonyl (C=O) groups is 2. The molecule has 120 valence electrons. The Kier molecular flexibility index (Phi) is 3.94. The van der Waals surface area contributed by atoms with Crippen LogP contribution in [0, 0.1) is 11.6 Å². The molecule has 1 aliphatic carbocycles. The summed E-state index contributed by atoms with van der Waals surface area (Å²) in [6, 6.07) is 3.00. The molecule has 0 atom stereocenters. The lowest BCUT2D eigenvalue weighted by atomic mass is 9.92. The molecule has 0 spiro atoms. The number of methoxy groups -OCH3 is 1. The average Bonchev–Trinajstić information content (AvgIpc) is 2.86. The molecule has 1 heterocycles. The maximum atomic E-state index is 13.5. The van der Waals surface area contributed by atoms with Gasteiger partial charge in [0.25, 0.3) is 0 Å². The maximum absolute atomic E-state index is 13.5. The van der Waals surface area contributed by atoms with Crippen molar-refractivity contribution in [3.8, 4) is 11.3 Å². The molecule has 3 rings (SSSR count). The van der Waals surface area contributed by atoms with Gasteiger partial charge < -0.3 is 4.74 Å². The molecule has 0 N–H and O–H groups in total. The SMILES string of the molecule is COC(=O)Cn1nc(-c2cc(F)cc(F)c2)c2c1CCCC2=O. The Bertz CT molecular complexity index is 779. The molecular formula is C16H14F2N2O3. The minimum Gasteiger partial charge on any atom is -0.468 e. The van der Waals surface area contributed by atoms with E-state index in [0.29, 0.717) is 30.5 Å². The number of rotatable bonds is 3. The van der Waals surface area contributed by atoms with Crippen molar-refractivity contribution < 1.29 is 23.1 Å². The van der Waals surface area contributed by atoms with Crippen LogP contribution in [0.3, 0.4) is 0 Å². The first kappa shape index (κ1) is 15.3. The van der Waals surface area contributed by atoms with Gasteiger partial charge in [-0.15, -0.1) is 0 Å². The van der Waals surface area contributed by atoms with Crippen molar-refractivity contribution in [3.63, 3.8) is 0 Å². The zero-order valence-electron chi connectivity index (χ0n) is 12.4. The van der Waals surface area contributed by atoms with Gasteiger partial charge >= 0.3 is 5.97 Å². The highest BCUT2D eigenvalue weighted by Gasteiger charge is 2.28. The molecule has 5 nitrogen and oxygen atoms in total. The molecule has 1 aliphatic rings. The van der Waals surface area contributed by atoms with E-state index in [-0.39, 0.29) is 23.6 Å². The van der Waals surface area contributed by atoms with Gasteiger partial charge in [0.2, 0.25) is 0 Å². The van der Waals surface area contributed by atoms with E-state index < -0.39 is 17.6 Å². The van der Waals surface area contributed by atoms with Crippen molar-refractivity contribution in [1.82, 2.24) is 9.78 Å². The third-order valence-electron chi connectivity index (χ3n) is 3.80. The first-order chi connectivity index (χ1) is 11.0. The number of carbonyl (C=O) groups excluding carboxylic acids is 2. The van der Waals surface area contributed by atoms with Gasteiger partial charge in [-0.3, -0.25) is 14.3 Å². The first-order valence-electron chi connectivity index (χ1n) is 7.15. The van der Waals surface area contributed by atoms with Gasteiger partial charge in [-0.05, 0) is 25.0 Å². The van der Waals surface area contributed by atoms with Crippen LogP contribution in [-0.4, -0.2) is 28.6 Å². The van der Waals surface area contributed by atoms with Crippen LogP contribution in [0.5, 0.6) is 0 Å². The minimum atomic E-state index is -0.750. The summed E-state index contributed by atoms with van der Waals surface area (Å²) >= 11 is 0. The van der Waals surface area contributed by atoms with E-state index >= 15 is 0 Å². The van der Waals surface area contributed by atoms with Crippen LogP contribution in [0.2, 0.25) is 0 Å². The molecule has 0 amide bonds. The number of aromatic nitrogens is 2. The molecule has 23 heavy (non-hydrogen) atoms. The zero-order valence-corrected chi connectivity index (χ0v) is 12.4. The number of hydrogen-bond acceptors (Lipinski definition) is 4. The molecule has 0 bridgehead atoms. The first-order valence-corrected chi connectivity index (χ1v) is 7.15. The summed E-state index contributed by atoms with van der Waals surface area (Å²) in [5, 5.41) is 4.24. The molecular weight excluding hydrogens is 306 g/mol. The lowest BCUT2D eigenvalue weighted by Crippen LogP contribution is -2.18. The van der Waals surface area contributed by atoms with E-state index in [9.17, 15) is 18.4 Å². The second kappa shape index (κ2) is 5.91. The molecule has 1 aromatic carbocycles. The zero-order chi connectivity index (χ0) is 16.6. The van der Waals surface area contributed by atoms with Crippen molar-refractivity contribution in [3.05, 3.63) is 41.1 Å². The van der Waals surface area contributed by atoms with Crippen molar-refractivity contribution in [2.75, 3.05) is 7.11 Å². The van der Waals surface area contributed by atoms with E-state index in [1.165, 1.54) is 11.8 Å². The summed E-state index contributed by atoms with van der Waals surface area (Å²) in [6.45, 7) is -0.149. The highest BCUT2D eigenvalue weighted by atomic mass is 19.1. The second-order valence-electron chi connectivity index (χ2n) is 5.34. The highest BCUT2D eigenvalue weighted by Crippen LogP contribution is 2.32. The number of nitrogens with zero attached hydrogens (tertiary/aromatic N) is 2. The van der Waals surface area contributed by atoms with E-state index in [4.69, 9.17) is 0 Å². The fourth-order valence-corrected chi connectivity index (χ4v) is 2.80. The fraction of sp³-hybridized carbons (Fsp3) is 0.312. The fourth-order valence-electron chi connectivity index (χ4n) is 2.80. The van der Waals surface area contributed by atoms with Crippen LogP contribution in [0.25, 0.3) is 11.3 Å².